The van der Waals surface area contributed by atoms with Crippen molar-refractivity contribution in [2.75, 3.05) is 39.4 Å². The lowest BCUT2D eigenvalue weighted by atomic mass is 10.3. The van der Waals surface area contributed by atoms with E-state index in [0.717, 1.165) is 0 Å². The van der Waals surface area contributed by atoms with Crippen molar-refractivity contribution in [3.05, 3.63) is 18.5 Å². The van der Waals surface area contributed by atoms with E-state index in [9.17, 15) is 8.42 Å². The molecular weight excluding hydrogens is 296 g/mol. The van der Waals surface area contributed by atoms with E-state index in [0.29, 0.717) is 0 Å². The Balaban J connectivity index is 3.19. The highest BCUT2D eigenvalue weighted by Crippen LogP contribution is 2.24. The minimum atomic E-state index is -3.77. The van der Waals surface area contributed by atoms with Gasteiger partial charge < -0.3 is 14.9 Å². The van der Waals surface area contributed by atoms with E-state index in [-0.39, 0.29) is 36.4 Å². The van der Waals surface area contributed by atoms with E-state index in [1.807, 2.05) is 0 Å². The summed E-state index contributed by atoms with van der Waals surface area (Å²) >= 11 is 0. The Morgan fingerprint density at radius 2 is 2.14 bits per heavy atom. The molecule has 1 aromatic heterocycles. The third-order valence-corrected chi connectivity index (χ3v) is 4.98. The monoisotopic (exact) mass is 318 g/mol. The van der Waals surface area contributed by atoms with Crippen LogP contribution in [0.1, 0.15) is 6.92 Å². The molecule has 0 bridgehead atoms. The van der Waals surface area contributed by atoms with Crippen LogP contribution in [-0.4, -0.2) is 57.7 Å². The van der Waals surface area contributed by atoms with Crippen LogP contribution in [-0.2, 0) is 19.5 Å². The van der Waals surface area contributed by atoms with Crippen LogP contribution in [0, 0.1) is 0 Å². The number of nitrogens with two attached hydrogens (primary N) is 1. The number of nitrogens with zero attached hydrogens (tertiary/aromatic N) is 2. The van der Waals surface area contributed by atoms with Gasteiger partial charge in [-0.1, -0.05) is 0 Å². The molecule has 21 heavy (non-hydrogen) atoms. The smallest absolute Gasteiger partial charge is 0.247 e. The zero-order chi connectivity index (χ0) is 15.9. The first-order chi connectivity index (χ1) is 9.98. The Morgan fingerprint density at radius 3 is 2.71 bits per heavy atom. The zero-order valence-electron chi connectivity index (χ0n) is 12.4. The van der Waals surface area contributed by atoms with E-state index >= 15 is 0 Å². The molecule has 0 aliphatic rings. The standard InChI is InChI=1S/C12H22N4O4S/c1-10(9-20-3)16(6-7-19-2)21(17,18)12-8-14-5-4-11(12)15-13/h4-5,8,10H,6-7,9,13H2,1-3H3,(H,14,15). The number of ether oxygens (including phenoxy) is 2. The van der Waals surface area contributed by atoms with Crippen molar-refractivity contribution >= 4 is 15.7 Å². The fraction of sp³-hybridized carbons (Fsp3) is 0.583. The molecule has 1 atom stereocenters. The second kappa shape index (κ2) is 8.25. The quantitative estimate of drug-likeness (QED) is 0.489. The molecule has 0 saturated heterocycles. The molecule has 3 N–H and O–H groups in total. The molecule has 0 aromatic carbocycles. The summed E-state index contributed by atoms with van der Waals surface area (Å²) in [5.41, 5.74) is 2.66. The van der Waals surface area contributed by atoms with Gasteiger partial charge in [0, 0.05) is 39.2 Å². The van der Waals surface area contributed by atoms with Gasteiger partial charge in [-0.15, -0.1) is 0 Å². The predicted octanol–water partition coefficient (Wildman–Crippen LogP) is 0.0392. The van der Waals surface area contributed by atoms with Crippen LogP contribution in [0.2, 0.25) is 0 Å². The molecule has 0 saturated carbocycles. The number of nitrogens with one attached hydrogen (secondary N) is 1. The lowest BCUT2D eigenvalue weighted by Crippen LogP contribution is -2.43. The second-order valence-corrected chi connectivity index (χ2v) is 6.29. The average molecular weight is 318 g/mol. The number of sulfonamides is 1. The van der Waals surface area contributed by atoms with Gasteiger partial charge in [0.05, 0.1) is 18.9 Å². The summed E-state index contributed by atoms with van der Waals surface area (Å²) < 4.78 is 37.0. The summed E-state index contributed by atoms with van der Waals surface area (Å²) in [4.78, 5) is 3.88. The zero-order valence-corrected chi connectivity index (χ0v) is 13.3. The van der Waals surface area contributed by atoms with Gasteiger partial charge in [-0.3, -0.25) is 10.8 Å². The number of pyridine rings is 1. The summed E-state index contributed by atoms with van der Waals surface area (Å²) in [5.74, 6) is 5.37. The summed E-state index contributed by atoms with van der Waals surface area (Å²) in [6.07, 6.45) is 2.73. The third kappa shape index (κ3) is 4.35. The molecule has 9 heteroatoms. The molecule has 0 fully saturated rings. The number of anilines is 1. The highest BCUT2D eigenvalue weighted by Gasteiger charge is 2.31. The van der Waals surface area contributed by atoms with Gasteiger partial charge in [0.2, 0.25) is 10.0 Å². The number of methoxy groups -OCH3 is 2. The third-order valence-electron chi connectivity index (χ3n) is 2.94. The minimum absolute atomic E-state index is 0.0200. The van der Waals surface area contributed by atoms with Crippen LogP contribution in [0.15, 0.2) is 23.4 Å². The first-order valence-electron chi connectivity index (χ1n) is 6.39. The van der Waals surface area contributed by atoms with Crippen LogP contribution in [0.3, 0.4) is 0 Å². The first-order valence-corrected chi connectivity index (χ1v) is 7.83. The Labute approximate surface area is 125 Å². The van der Waals surface area contributed by atoms with Crippen molar-refractivity contribution in [1.29, 1.82) is 0 Å². The minimum Gasteiger partial charge on any atom is -0.383 e. The van der Waals surface area contributed by atoms with Crippen LogP contribution < -0.4 is 11.3 Å². The Hall–Kier alpha value is -1.26. The van der Waals surface area contributed by atoms with Crippen LogP contribution >= 0.6 is 0 Å². The molecule has 1 unspecified atom stereocenters. The highest BCUT2D eigenvalue weighted by molar-refractivity contribution is 7.89. The Bertz CT molecular complexity index is 538. The predicted molar refractivity (Wildman–Crippen MR) is 79.2 cm³/mol. The molecular formula is C12H22N4O4S. The van der Waals surface area contributed by atoms with Crippen LogP contribution in [0.5, 0.6) is 0 Å². The molecule has 1 rings (SSSR count). The van der Waals surface area contributed by atoms with Crippen LogP contribution in [0.4, 0.5) is 5.69 Å². The van der Waals surface area contributed by atoms with Gasteiger partial charge in [0.1, 0.15) is 4.90 Å². The van der Waals surface area contributed by atoms with E-state index in [1.54, 1.807) is 6.92 Å². The van der Waals surface area contributed by atoms with Gasteiger partial charge in [-0.05, 0) is 13.0 Å². The number of hydrogen-bond acceptors (Lipinski definition) is 7. The van der Waals surface area contributed by atoms with Gasteiger partial charge in [0.15, 0.2) is 0 Å². The molecule has 1 aromatic rings. The Morgan fingerprint density at radius 1 is 1.43 bits per heavy atom. The summed E-state index contributed by atoms with van der Waals surface area (Å²) in [7, 11) is -0.730. The lowest BCUT2D eigenvalue weighted by Gasteiger charge is -2.28. The summed E-state index contributed by atoms with van der Waals surface area (Å²) in [5, 5.41) is 0. The maximum atomic E-state index is 12.8. The maximum Gasteiger partial charge on any atom is 0.247 e. The maximum absolute atomic E-state index is 12.8. The highest BCUT2D eigenvalue weighted by atomic mass is 32.2. The SMILES string of the molecule is COCCN(C(C)COC)S(=O)(=O)c1cnccc1NN. The number of nitrogen functional groups attached to an aromatic ring is 1. The van der Waals surface area contributed by atoms with Crippen molar-refractivity contribution in [2.45, 2.75) is 17.9 Å². The van der Waals surface area contributed by atoms with E-state index in [2.05, 4.69) is 10.4 Å². The fourth-order valence-corrected chi connectivity index (χ4v) is 3.62. The van der Waals surface area contributed by atoms with Gasteiger partial charge >= 0.3 is 0 Å². The number of rotatable bonds is 9. The van der Waals surface area contributed by atoms with Crippen molar-refractivity contribution in [3.8, 4) is 0 Å². The van der Waals surface area contributed by atoms with Crippen molar-refractivity contribution in [1.82, 2.24) is 9.29 Å². The molecule has 0 radical (unpaired) electrons. The molecule has 0 aliphatic heterocycles. The second-order valence-electron chi connectivity index (χ2n) is 4.43. The van der Waals surface area contributed by atoms with Crippen LogP contribution in [0.25, 0.3) is 0 Å². The molecule has 0 amide bonds. The summed E-state index contributed by atoms with van der Waals surface area (Å²) in [6, 6.07) is 1.16. The van der Waals surface area contributed by atoms with Crippen molar-refractivity contribution in [2.24, 2.45) is 5.84 Å². The largest absolute Gasteiger partial charge is 0.383 e. The molecule has 0 aliphatic carbocycles. The topological polar surface area (TPSA) is 107 Å². The normalized spacial score (nSPS) is 13.4. The number of hydrazine groups is 1. The van der Waals surface area contributed by atoms with E-state index in [1.165, 1.54) is 37.0 Å². The van der Waals surface area contributed by atoms with Gasteiger partial charge in [0.25, 0.3) is 0 Å². The van der Waals surface area contributed by atoms with E-state index in [4.69, 9.17) is 15.3 Å². The van der Waals surface area contributed by atoms with Gasteiger partial charge in [-0.25, -0.2) is 8.42 Å². The average Bonchev–Trinajstić information content (AvgIpc) is 2.47. The lowest BCUT2D eigenvalue weighted by molar-refractivity contribution is 0.119. The Kier molecular flexibility index (Phi) is 6.99. The number of hydrogen-bond donors (Lipinski definition) is 2. The summed E-state index contributed by atoms with van der Waals surface area (Å²) in [6.45, 7) is 2.53. The molecule has 1 heterocycles. The first kappa shape index (κ1) is 17.8. The van der Waals surface area contributed by atoms with E-state index < -0.39 is 10.0 Å². The number of aromatic nitrogens is 1. The molecule has 120 valence electrons. The molecule has 8 nitrogen and oxygen atoms in total. The molecule has 0 spiro atoms. The van der Waals surface area contributed by atoms with Gasteiger partial charge in [-0.2, -0.15) is 4.31 Å². The van der Waals surface area contributed by atoms with Crippen molar-refractivity contribution in [3.63, 3.8) is 0 Å². The fourth-order valence-electron chi connectivity index (χ4n) is 1.91. The van der Waals surface area contributed by atoms with Crippen molar-refractivity contribution < 1.29 is 17.9 Å².